The van der Waals surface area contributed by atoms with Crippen molar-refractivity contribution in [3.63, 3.8) is 0 Å². The van der Waals surface area contributed by atoms with E-state index in [2.05, 4.69) is 32.3 Å². The molecule has 3 aliphatic heterocycles. The Bertz CT molecular complexity index is 6190. The number of aromatic nitrogens is 4. The zero-order valence-corrected chi connectivity index (χ0v) is 72.1. The molecule has 127 heavy (non-hydrogen) atoms. The van der Waals surface area contributed by atoms with E-state index in [4.69, 9.17) is 0 Å². The van der Waals surface area contributed by atoms with Crippen molar-refractivity contribution in [1.29, 1.82) is 0 Å². The van der Waals surface area contributed by atoms with Crippen molar-refractivity contribution >= 4 is 81.6 Å². The summed E-state index contributed by atoms with van der Waals surface area (Å²) in [5, 5.41) is 36.6. The van der Waals surface area contributed by atoms with Crippen molar-refractivity contribution in [1.82, 2.24) is 33.1 Å². The average Bonchev–Trinajstić information content (AvgIpc) is 1.32. The minimum atomic E-state index is -5.22. The lowest BCUT2D eigenvalue weighted by molar-refractivity contribution is -0.125. The van der Waals surface area contributed by atoms with Gasteiger partial charge in [-0.05, 0) is 192 Å². The molecule has 10 aromatic rings. The van der Waals surface area contributed by atoms with Gasteiger partial charge < -0.3 is 30.0 Å². The number of carbonyl (C=O) groups excluding carboxylic acids is 3. The lowest BCUT2D eigenvalue weighted by Gasteiger charge is -2.41. The molecule has 3 aromatic heterocycles. The minimum Gasteiger partial charge on any atom is -0.508 e. The van der Waals surface area contributed by atoms with E-state index >= 15 is 0 Å². The zero-order chi connectivity index (χ0) is 90.7. The van der Waals surface area contributed by atoms with Gasteiger partial charge in [0.2, 0.25) is 47.8 Å². The molecule has 6 aliphatic rings. The molecule has 6 heterocycles. The number of phenolic OH excluding ortho intramolecular Hbond substituents is 1. The van der Waals surface area contributed by atoms with E-state index in [1.165, 1.54) is 124 Å². The van der Waals surface area contributed by atoms with Crippen LogP contribution in [-0.4, -0.2) is 135 Å². The van der Waals surface area contributed by atoms with Gasteiger partial charge in [0.15, 0.2) is 56.3 Å². The molecule has 3 aliphatic carbocycles. The lowest BCUT2D eigenvalue weighted by Crippen LogP contribution is -2.59. The number of carboxylic acids is 1. The number of aromatic carboxylic acids is 1. The molecule has 6 fully saturated rings. The largest absolute Gasteiger partial charge is 0.508 e. The molecule has 24 nitrogen and oxygen atoms in total. The van der Waals surface area contributed by atoms with Gasteiger partial charge in [0.05, 0.1) is 47.5 Å². The van der Waals surface area contributed by atoms with E-state index in [1.807, 2.05) is 31.2 Å². The van der Waals surface area contributed by atoms with E-state index in [-0.39, 0.29) is 86.1 Å². The number of benzene rings is 7. The van der Waals surface area contributed by atoms with Crippen molar-refractivity contribution in [3.05, 3.63) is 265 Å². The van der Waals surface area contributed by atoms with Crippen molar-refractivity contribution in [2.45, 2.75) is 213 Å². The first kappa shape index (κ1) is 91.8. The summed E-state index contributed by atoms with van der Waals surface area (Å²) < 4.78 is 199. The number of amides is 3. The summed E-state index contributed by atoms with van der Waals surface area (Å²) in [5.74, 6) is -18.1. The Morgan fingerprint density at radius 2 is 0.874 bits per heavy atom. The van der Waals surface area contributed by atoms with Gasteiger partial charge in [0, 0.05) is 77.7 Å². The van der Waals surface area contributed by atoms with Crippen LogP contribution < -0.4 is 20.3 Å². The van der Waals surface area contributed by atoms with Gasteiger partial charge in [-0.15, -0.1) is 0 Å². The van der Waals surface area contributed by atoms with Gasteiger partial charge in [-0.3, -0.25) is 29.1 Å². The normalized spacial score (nSPS) is 18.1. The van der Waals surface area contributed by atoms with Crippen molar-refractivity contribution in [2.24, 2.45) is 0 Å². The topological polar surface area (TPSA) is 322 Å². The molecule has 4 N–H and O–H groups in total. The number of H-pyrrole nitrogens is 1. The molecule has 35 heteroatoms. The Balaban J connectivity index is 0.000000155. The Morgan fingerprint density at radius 1 is 0.433 bits per heavy atom. The number of hydrogen-bond donors (Lipinski definition) is 4. The molecule has 16 rings (SSSR count). The number of rotatable bonds is 22. The van der Waals surface area contributed by atoms with E-state index in [1.54, 1.807) is 60.9 Å². The van der Waals surface area contributed by atoms with Gasteiger partial charge in [0.1, 0.15) is 35.2 Å². The predicted molar refractivity (Wildman–Crippen MR) is 456 cm³/mol. The Labute approximate surface area is 729 Å². The van der Waals surface area contributed by atoms with Gasteiger partial charge in [-0.25, -0.2) is 70.3 Å². The third kappa shape index (κ3) is 19.3. The van der Waals surface area contributed by atoms with Crippen LogP contribution in [-0.2, 0) is 64.1 Å². The van der Waals surface area contributed by atoms with Gasteiger partial charge in [-0.2, -0.15) is 18.0 Å². The molecule has 3 saturated carbocycles. The van der Waals surface area contributed by atoms with Crippen LogP contribution >= 0.6 is 0 Å². The van der Waals surface area contributed by atoms with Gasteiger partial charge >= 0.3 is 5.97 Å². The highest BCUT2D eigenvalue weighted by atomic mass is 32.2. The number of carboxylic acid groups (broad SMARTS) is 1. The second-order valence-electron chi connectivity index (χ2n) is 33.0. The zero-order valence-electron chi connectivity index (χ0n) is 69.7. The Morgan fingerprint density at radius 3 is 1.36 bits per heavy atom. The number of sulfonamides is 3. The summed E-state index contributed by atoms with van der Waals surface area (Å²) in [5.41, 5.74) is 4.36. The maximum atomic E-state index is 14.9. The van der Waals surface area contributed by atoms with Gasteiger partial charge in [-0.1, -0.05) is 118 Å². The summed E-state index contributed by atoms with van der Waals surface area (Å²) in [6.45, 7) is 3.06. The molecule has 3 amide bonds. The highest BCUT2D eigenvalue weighted by Gasteiger charge is 2.50. The molecule has 0 spiro atoms. The third-order valence-corrected chi connectivity index (χ3v) is 30.7. The Kier molecular flexibility index (Phi) is 28.0. The van der Waals surface area contributed by atoms with Crippen LogP contribution in [0.15, 0.2) is 172 Å². The second-order valence-corrected chi connectivity index (χ2v) is 38.6. The van der Waals surface area contributed by atoms with E-state index in [0.29, 0.717) is 60.6 Å². The highest BCUT2D eigenvalue weighted by molar-refractivity contribution is 7.89. The summed E-state index contributed by atoms with van der Waals surface area (Å²) in [6.07, 6.45) is 22.9. The fraction of sp³-hybridized carbons (Fsp3) is 0.370. The van der Waals surface area contributed by atoms with Crippen LogP contribution in [0.25, 0.3) is 10.8 Å². The van der Waals surface area contributed by atoms with Crippen LogP contribution in [0.4, 0.5) is 52.2 Å². The molecule has 0 bridgehead atoms. The van der Waals surface area contributed by atoms with Crippen molar-refractivity contribution < 1.29 is 94.9 Å². The first-order valence-corrected chi connectivity index (χ1v) is 46.5. The third-order valence-electron chi connectivity index (χ3n) is 25.0. The quantitative estimate of drug-likeness (QED) is 0.0278. The average molecular weight is 1810 g/mol. The number of fused-ring (bicyclic) bond motifs is 1. The number of carbonyl (C=O) groups is 4. The fourth-order valence-electron chi connectivity index (χ4n) is 17.5. The van der Waals surface area contributed by atoms with Crippen LogP contribution in [0.3, 0.4) is 0 Å². The minimum absolute atomic E-state index is 0.0164. The summed E-state index contributed by atoms with van der Waals surface area (Å²) in [6, 6.07) is 32.7. The number of aromatic hydroxyl groups is 2. The summed E-state index contributed by atoms with van der Waals surface area (Å²) in [4.78, 5) is 75.5. The smallest absolute Gasteiger partial charge is 0.339 e. The van der Waals surface area contributed by atoms with Crippen molar-refractivity contribution in [2.75, 3.05) is 34.3 Å². The van der Waals surface area contributed by atoms with Crippen LogP contribution in [0.2, 0.25) is 0 Å². The first-order valence-electron chi connectivity index (χ1n) is 42.2. The number of phenols is 2. The lowest BCUT2D eigenvalue weighted by atomic mass is 9.84. The molecular weight excluding hydrogens is 1720 g/mol. The van der Waals surface area contributed by atoms with E-state index in [0.717, 1.165) is 87.5 Å². The molecule has 3 saturated heterocycles. The summed E-state index contributed by atoms with van der Waals surface area (Å²) in [7, 11) is -14.2. The number of hydrogen-bond acceptors (Lipinski definition) is 16. The molecule has 7 aromatic carbocycles. The van der Waals surface area contributed by atoms with Crippen LogP contribution in [0.1, 0.15) is 200 Å². The number of pyridine rings is 2. The fourth-order valence-corrected chi connectivity index (χ4v) is 22.7. The van der Waals surface area contributed by atoms with Crippen LogP contribution in [0, 0.1) is 67.3 Å². The monoisotopic (exact) mass is 1810 g/mol. The number of nitrogens with zero attached hydrogens (tertiary/aromatic N) is 9. The van der Waals surface area contributed by atoms with Crippen molar-refractivity contribution in [3.8, 4) is 11.5 Å². The summed E-state index contributed by atoms with van der Waals surface area (Å²) >= 11 is 0. The highest BCUT2D eigenvalue weighted by Crippen LogP contribution is 2.42. The number of aryl methyl sites for hydroxylation is 1. The molecule has 0 unspecified atom stereocenters. The second kappa shape index (κ2) is 38.7. The maximum Gasteiger partial charge on any atom is 0.339 e. The molecular formula is C92H94F8N10O14S3. The first-order chi connectivity index (χ1) is 60.6. The number of anilines is 3. The number of halogens is 8. The number of nitrogens with one attached hydrogen (secondary N) is 1. The molecule has 670 valence electrons. The SMILES string of the molecule is Cc1c(F)c(F)c(F)c(S(=O)(=O)N2CC[C@@H]2C(=O)N(Cc2ccc(C3CCCCC3)cn2)c2cccc(O)c2)c1F.Cc1c(F)c(F)c(S(=O)(=O)N2CCC[C@@H]2C(=O)N(Cc2ccc(C3CCCCC3)cn2)c2ccc3c(=O)[nH]ncc3c2)c(F)c1F.Cc1ccc(S(=O)(=O)N2CC[C@@H]2C(=O)N(Cc2ccc(C3CCCCC3)cc2)c2ccc(C(=O)O)c(O)c2)cc1. The van der Waals surface area contributed by atoms with Gasteiger partial charge in [0.25, 0.3) is 5.56 Å². The standard InChI is InChI=1S/C32H31F4N5O4S.C31H34N2O6S.C29H29F4N3O4S/c1-18-26(33)28(35)30(29(36)27(18)34)46(44,45)41-13-5-8-25(41)32(43)40(23-11-12-24-21(14-23)16-38-39-31(24)42)17-22-10-9-20(15-37-22)19-6-3-2-4-7-19;1-21-7-14-26(15-8-21)40(38,39)33-18-17-28(33)30(35)32(25-13-16-27(31(36)37)29(34)19-25)20-22-9-11-24(12-10-22)23-5-3-2-4-6-23;1-17-24(30)26(32)27(33)28(25(17)31)41(39,40)36-13-12-23(36)29(38)35(21-8-5-9-22(37)14-21)16-20-11-10-19(15-34-20)18-6-3-2-4-7-18/h9-12,14-16,19,25H,2-8,13,17H2,1H3,(H,39,42);7-16,19,23,28,34H,2-6,17-18,20H2,1H3,(H,36,37);5,8-11,14-15,18,23,37H,2-4,6-7,12-13,16H2,1H3/t25-;28-;23-/m111/s1. The molecule has 0 radical (unpaired) electrons. The molecule has 3 atom stereocenters. The maximum absolute atomic E-state index is 14.9. The van der Waals surface area contributed by atoms with Crippen LogP contribution in [0.5, 0.6) is 11.5 Å². The van der Waals surface area contributed by atoms with E-state index in [9.17, 15) is 99.7 Å². The predicted octanol–water partition coefficient (Wildman–Crippen LogP) is 16.8. The Hall–Kier alpha value is -11.4. The number of aromatic amines is 1. The van der Waals surface area contributed by atoms with E-state index < -0.39 is 151 Å².